The maximum absolute atomic E-state index is 6.07. The molecule has 0 fully saturated rings. The molecule has 14 heavy (non-hydrogen) atoms. The highest BCUT2D eigenvalue weighted by molar-refractivity contribution is 6.67. The van der Waals surface area contributed by atoms with Crippen LogP contribution in [0.15, 0.2) is 0 Å². The van der Waals surface area contributed by atoms with Crippen LogP contribution in [0.5, 0.6) is 0 Å². The topological polar surface area (TPSA) is 18.5 Å². The Labute approximate surface area is 98.1 Å². The second-order valence-electron chi connectivity index (χ2n) is 3.52. The van der Waals surface area contributed by atoms with Crippen LogP contribution >= 0.6 is 23.2 Å². The summed E-state index contributed by atoms with van der Waals surface area (Å²) in [7, 11) is 1.43. The van der Waals surface area contributed by atoms with Gasteiger partial charge >= 0.3 is 8.56 Å². The quantitative estimate of drug-likeness (QED) is 0.516. The van der Waals surface area contributed by atoms with Crippen LogP contribution < -0.4 is 0 Å². The maximum Gasteiger partial charge on any atom is 0.337 e. The largest absolute Gasteiger partial charge is 0.398 e. The summed E-state index contributed by atoms with van der Waals surface area (Å²) < 4.78 is 11.0. The summed E-state index contributed by atoms with van der Waals surface area (Å²) >= 11 is 11.8. The molecule has 0 amide bonds. The fourth-order valence-electron chi connectivity index (χ4n) is 1.45. The summed E-state index contributed by atoms with van der Waals surface area (Å²) in [6.07, 6.45) is 0. The molecule has 0 saturated carbocycles. The van der Waals surface area contributed by atoms with Crippen molar-refractivity contribution in [1.29, 1.82) is 0 Å². The maximum atomic E-state index is 6.07. The van der Waals surface area contributed by atoms with Crippen LogP contribution in [0.2, 0.25) is 12.1 Å². The van der Waals surface area contributed by atoms with E-state index in [0.717, 1.165) is 12.1 Å². The summed E-state index contributed by atoms with van der Waals surface area (Å²) in [4.78, 5) is 0. The van der Waals surface area contributed by atoms with Gasteiger partial charge in [-0.05, 0) is 18.0 Å². The zero-order valence-electron chi connectivity index (χ0n) is 9.35. The third-order valence-corrected chi connectivity index (χ3v) is 7.59. The van der Waals surface area contributed by atoms with E-state index >= 15 is 0 Å². The molecule has 5 heteroatoms. The van der Waals surface area contributed by atoms with Gasteiger partial charge in [0.2, 0.25) is 0 Å². The Hall–Kier alpha value is 0.717. The normalized spacial score (nSPS) is 16.7. The molecule has 0 aromatic heterocycles. The monoisotopic (exact) mass is 258 g/mol. The Bertz CT molecular complexity index is 145. The summed E-state index contributed by atoms with van der Waals surface area (Å²) in [6, 6.07) is 1.84. The molecule has 0 aromatic rings. The average molecular weight is 259 g/mol. The lowest BCUT2D eigenvalue weighted by Gasteiger charge is -2.30. The number of hydrogen-bond donors (Lipinski definition) is 0. The first-order valence-electron chi connectivity index (χ1n) is 4.85. The van der Waals surface area contributed by atoms with Gasteiger partial charge in [-0.3, -0.25) is 0 Å². The van der Waals surface area contributed by atoms with E-state index in [0.29, 0.717) is 11.8 Å². The van der Waals surface area contributed by atoms with Gasteiger partial charge in [0.05, 0.1) is 0 Å². The van der Waals surface area contributed by atoms with Crippen molar-refractivity contribution in [2.45, 2.75) is 31.3 Å². The van der Waals surface area contributed by atoms with Crippen LogP contribution in [0.1, 0.15) is 13.8 Å². The molecule has 0 radical (unpaired) electrons. The Balaban J connectivity index is 4.28. The van der Waals surface area contributed by atoms with Gasteiger partial charge in [-0.25, -0.2) is 0 Å². The number of alkyl halides is 2. The van der Waals surface area contributed by atoms with Crippen LogP contribution in [0.25, 0.3) is 0 Å². The lowest BCUT2D eigenvalue weighted by molar-refractivity contribution is 0.236. The van der Waals surface area contributed by atoms with Crippen molar-refractivity contribution >= 4 is 31.8 Å². The molecule has 0 rings (SSSR count). The van der Waals surface area contributed by atoms with E-state index in [-0.39, 0.29) is 5.38 Å². The molecule has 86 valence electrons. The minimum Gasteiger partial charge on any atom is -0.398 e. The van der Waals surface area contributed by atoms with E-state index in [1.807, 2.05) is 0 Å². The third kappa shape index (κ3) is 4.07. The van der Waals surface area contributed by atoms with Gasteiger partial charge in [0.15, 0.2) is 0 Å². The molecule has 0 heterocycles. The third-order valence-electron chi connectivity index (χ3n) is 2.68. The SMILES string of the molecule is CC[Si](CC(C)C(Cl)CCl)(OC)OC. The summed E-state index contributed by atoms with van der Waals surface area (Å²) in [5.74, 6) is 0.810. The van der Waals surface area contributed by atoms with E-state index < -0.39 is 8.56 Å². The fourth-order valence-corrected chi connectivity index (χ4v) is 4.63. The number of halogens is 2. The molecule has 0 saturated heterocycles. The van der Waals surface area contributed by atoms with Gasteiger partial charge in [0.25, 0.3) is 0 Å². The molecule has 0 aliphatic heterocycles. The van der Waals surface area contributed by atoms with Gasteiger partial charge < -0.3 is 8.85 Å². The molecule has 2 atom stereocenters. The zero-order chi connectivity index (χ0) is 11.2. The van der Waals surface area contributed by atoms with Gasteiger partial charge in [0, 0.05) is 25.5 Å². The van der Waals surface area contributed by atoms with E-state index in [2.05, 4.69) is 13.8 Å². The first-order valence-corrected chi connectivity index (χ1v) is 8.05. The number of hydrogen-bond acceptors (Lipinski definition) is 2. The summed E-state index contributed by atoms with van der Waals surface area (Å²) in [5.41, 5.74) is 0. The van der Waals surface area contributed by atoms with E-state index in [4.69, 9.17) is 32.1 Å². The fraction of sp³-hybridized carbons (Fsp3) is 1.00. The second kappa shape index (κ2) is 7.07. The highest BCUT2D eigenvalue weighted by Crippen LogP contribution is 2.27. The Kier molecular flexibility index (Phi) is 7.43. The first-order chi connectivity index (χ1) is 6.55. The highest BCUT2D eigenvalue weighted by Gasteiger charge is 2.36. The molecule has 0 bridgehead atoms. The van der Waals surface area contributed by atoms with Crippen LogP contribution in [0.4, 0.5) is 0 Å². The Morgan fingerprint density at radius 1 is 1.29 bits per heavy atom. The lowest BCUT2D eigenvalue weighted by atomic mass is 10.1. The minimum atomic E-state index is -2.00. The first kappa shape index (κ1) is 14.7. The van der Waals surface area contributed by atoms with E-state index in [9.17, 15) is 0 Å². The zero-order valence-corrected chi connectivity index (χ0v) is 11.9. The van der Waals surface area contributed by atoms with Crippen molar-refractivity contribution in [2.75, 3.05) is 20.1 Å². The van der Waals surface area contributed by atoms with Crippen molar-refractivity contribution in [3.05, 3.63) is 0 Å². The predicted octanol–water partition coefficient (Wildman–Crippen LogP) is 3.22. The van der Waals surface area contributed by atoms with Crippen molar-refractivity contribution in [2.24, 2.45) is 5.92 Å². The predicted molar refractivity (Wildman–Crippen MR) is 64.6 cm³/mol. The smallest absolute Gasteiger partial charge is 0.337 e. The van der Waals surface area contributed by atoms with Crippen LogP contribution in [-0.4, -0.2) is 34.0 Å². The molecule has 0 aromatic carbocycles. The van der Waals surface area contributed by atoms with Crippen LogP contribution in [0, 0.1) is 5.92 Å². The average Bonchev–Trinajstić information content (AvgIpc) is 2.24. The molecule has 0 aliphatic carbocycles. The second-order valence-corrected chi connectivity index (χ2v) is 8.15. The molecular formula is C9H20Cl2O2Si. The van der Waals surface area contributed by atoms with E-state index in [1.54, 1.807) is 14.2 Å². The van der Waals surface area contributed by atoms with Gasteiger partial charge in [-0.1, -0.05) is 13.8 Å². The van der Waals surface area contributed by atoms with Crippen LogP contribution in [-0.2, 0) is 8.85 Å². The summed E-state index contributed by atoms with van der Waals surface area (Å²) in [6.45, 7) is 4.19. The van der Waals surface area contributed by atoms with Crippen molar-refractivity contribution in [1.82, 2.24) is 0 Å². The van der Waals surface area contributed by atoms with Crippen LogP contribution in [0.3, 0.4) is 0 Å². The minimum absolute atomic E-state index is 0.000363. The van der Waals surface area contributed by atoms with Gasteiger partial charge in [0.1, 0.15) is 0 Å². The lowest BCUT2D eigenvalue weighted by Crippen LogP contribution is -2.42. The van der Waals surface area contributed by atoms with Gasteiger partial charge in [-0.2, -0.15) is 0 Å². The molecule has 2 unspecified atom stereocenters. The highest BCUT2D eigenvalue weighted by atomic mass is 35.5. The standard InChI is InChI=1S/C9H20Cl2O2Si/c1-5-14(12-3,13-4)7-8(2)9(11)6-10/h8-9H,5-7H2,1-4H3. The molecular weight excluding hydrogens is 239 g/mol. The van der Waals surface area contributed by atoms with Crippen molar-refractivity contribution < 1.29 is 8.85 Å². The molecule has 0 spiro atoms. The molecule has 0 aliphatic rings. The van der Waals surface area contributed by atoms with Crippen molar-refractivity contribution in [3.8, 4) is 0 Å². The van der Waals surface area contributed by atoms with Crippen molar-refractivity contribution in [3.63, 3.8) is 0 Å². The summed E-state index contributed by atoms with van der Waals surface area (Å²) in [5, 5.41) is 0.000363. The molecule has 2 nitrogen and oxygen atoms in total. The molecule has 0 N–H and O–H groups in total. The Morgan fingerprint density at radius 2 is 1.79 bits per heavy atom. The number of rotatable bonds is 7. The van der Waals surface area contributed by atoms with Gasteiger partial charge in [-0.15, -0.1) is 23.2 Å². The van der Waals surface area contributed by atoms with E-state index in [1.165, 1.54) is 0 Å². The Morgan fingerprint density at radius 3 is 2.07 bits per heavy atom.